The van der Waals surface area contributed by atoms with Crippen molar-refractivity contribution in [3.63, 3.8) is 0 Å². The van der Waals surface area contributed by atoms with E-state index in [1.165, 1.54) is 0 Å². The van der Waals surface area contributed by atoms with Crippen LogP contribution in [0.3, 0.4) is 0 Å². The molecule has 1 heterocycles. The first-order valence-electron chi connectivity index (χ1n) is 7.45. The van der Waals surface area contributed by atoms with Gasteiger partial charge in [-0.25, -0.2) is 4.79 Å². The van der Waals surface area contributed by atoms with E-state index in [-0.39, 0.29) is 17.4 Å². The molecule has 3 rings (SSSR count). The molecule has 1 fully saturated rings. The van der Waals surface area contributed by atoms with Gasteiger partial charge < -0.3 is 14.5 Å². The van der Waals surface area contributed by atoms with Gasteiger partial charge in [0.25, 0.3) is 5.91 Å². The summed E-state index contributed by atoms with van der Waals surface area (Å²) >= 11 is 0. The molecule has 1 aromatic heterocycles. The van der Waals surface area contributed by atoms with E-state index in [4.69, 9.17) is 9.15 Å². The fraction of sp³-hybridized carbons (Fsp3) is 0.412. The van der Waals surface area contributed by atoms with Gasteiger partial charge >= 0.3 is 5.63 Å². The third kappa shape index (κ3) is 2.41. The van der Waals surface area contributed by atoms with Crippen molar-refractivity contribution < 1.29 is 13.9 Å². The van der Waals surface area contributed by atoms with Gasteiger partial charge in [-0.2, -0.15) is 0 Å². The molecule has 0 bridgehead atoms. The summed E-state index contributed by atoms with van der Waals surface area (Å²) < 4.78 is 10.7. The third-order valence-electron chi connectivity index (χ3n) is 4.64. The molecule has 0 aliphatic heterocycles. The van der Waals surface area contributed by atoms with Crippen LogP contribution in [0.2, 0.25) is 0 Å². The maximum absolute atomic E-state index is 12.4. The molecule has 116 valence electrons. The lowest BCUT2D eigenvalue weighted by atomic mass is 9.75. The number of rotatable bonds is 4. The van der Waals surface area contributed by atoms with Crippen molar-refractivity contribution in [3.8, 4) is 0 Å². The van der Waals surface area contributed by atoms with E-state index in [1.807, 2.05) is 13.0 Å². The van der Waals surface area contributed by atoms with Crippen molar-refractivity contribution >= 4 is 16.7 Å². The Bertz CT molecular complexity index is 755. The summed E-state index contributed by atoms with van der Waals surface area (Å²) in [7, 11) is 1.66. The zero-order valence-electron chi connectivity index (χ0n) is 12.7. The van der Waals surface area contributed by atoms with Crippen LogP contribution >= 0.6 is 0 Å². The Morgan fingerprint density at radius 2 is 2.09 bits per heavy atom. The monoisotopic (exact) mass is 301 g/mol. The number of hydrogen-bond donors (Lipinski definition) is 1. The summed E-state index contributed by atoms with van der Waals surface area (Å²) in [5.74, 6) is -0.361. The lowest BCUT2D eigenvalue weighted by Crippen LogP contribution is -2.56. The third-order valence-corrected chi connectivity index (χ3v) is 4.64. The number of fused-ring (bicyclic) bond motifs is 1. The van der Waals surface area contributed by atoms with Crippen LogP contribution in [0.4, 0.5) is 0 Å². The molecule has 1 amide bonds. The molecule has 1 saturated carbocycles. The van der Waals surface area contributed by atoms with Gasteiger partial charge in [0.1, 0.15) is 0 Å². The minimum Gasteiger partial charge on any atom is -0.417 e. The van der Waals surface area contributed by atoms with Crippen LogP contribution in [0.25, 0.3) is 10.8 Å². The summed E-state index contributed by atoms with van der Waals surface area (Å²) in [6.07, 6.45) is 2.94. The maximum atomic E-state index is 12.4. The zero-order chi connectivity index (χ0) is 15.7. The predicted octanol–water partition coefficient (Wildman–Crippen LogP) is 2.48. The van der Waals surface area contributed by atoms with Crippen LogP contribution in [0, 0.1) is 0 Å². The van der Waals surface area contributed by atoms with Crippen LogP contribution in [0.5, 0.6) is 0 Å². The normalized spacial score (nSPS) is 17.7. The van der Waals surface area contributed by atoms with E-state index in [9.17, 15) is 9.59 Å². The standard InChI is InChI=1S/C17H19NO4/c1-11(17(21-2)8-5-9-17)18-15(19)14-10-12-6-3-4-7-13(12)16(20)22-14/h3-4,6-7,10-11H,5,8-9H2,1-2H3,(H,18,19). The number of benzene rings is 1. The van der Waals surface area contributed by atoms with Gasteiger partial charge in [-0.05, 0) is 43.7 Å². The number of carbonyl (C=O) groups is 1. The SMILES string of the molecule is COC1(C(C)NC(=O)c2cc3ccccc3c(=O)o2)CCC1. The van der Waals surface area contributed by atoms with E-state index >= 15 is 0 Å². The minimum absolute atomic E-state index is 0.0288. The average molecular weight is 301 g/mol. The van der Waals surface area contributed by atoms with Crippen molar-refractivity contribution in [3.05, 3.63) is 46.5 Å². The number of carbonyl (C=O) groups excluding carboxylic acids is 1. The first kappa shape index (κ1) is 14.8. The molecule has 1 aliphatic rings. The quantitative estimate of drug-likeness (QED) is 0.942. The topological polar surface area (TPSA) is 68.5 Å². The summed E-state index contributed by atoms with van der Waals surface area (Å²) in [6.45, 7) is 1.92. The molecular weight excluding hydrogens is 282 g/mol. The Kier molecular flexibility index (Phi) is 3.74. The number of ether oxygens (including phenoxy) is 1. The largest absolute Gasteiger partial charge is 0.417 e. The molecule has 0 radical (unpaired) electrons. The van der Waals surface area contributed by atoms with Crippen LogP contribution in [0.15, 0.2) is 39.5 Å². The molecule has 1 aliphatic carbocycles. The molecule has 1 aromatic carbocycles. The van der Waals surface area contributed by atoms with Crippen LogP contribution in [-0.2, 0) is 4.74 Å². The summed E-state index contributed by atoms with van der Waals surface area (Å²) in [4.78, 5) is 24.3. The van der Waals surface area contributed by atoms with Gasteiger partial charge in [-0.15, -0.1) is 0 Å². The summed E-state index contributed by atoms with van der Waals surface area (Å²) in [5, 5.41) is 4.05. The fourth-order valence-corrected chi connectivity index (χ4v) is 2.98. The highest BCUT2D eigenvalue weighted by Crippen LogP contribution is 2.38. The zero-order valence-corrected chi connectivity index (χ0v) is 12.7. The Morgan fingerprint density at radius 1 is 1.36 bits per heavy atom. The lowest BCUT2D eigenvalue weighted by Gasteiger charge is -2.45. The van der Waals surface area contributed by atoms with Crippen molar-refractivity contribution in [2.24, 2.45) is 0 Å². The average Bonchev–Trinajstić information content (AvgIpc) is 2.46. The number of amides is 1. The molecule has 2 aromatic rings. The predicted molar refractivity (Wildman–Crippen MR) is 83.0 cm³/mol. The summed E-state index contributed by atoms with van der Waals surface area (Å²) in [6, 6.07) is 8.50. The van der Waals surface area contributed by atoms with E-state index in [0.29, 0.717) is 10.8 Å². The Balaban J connectivity index is 1.85. The van der Waals surface area contributed by atoms with Crippen LogP contribution in [0.1, 0.15) is 36.7 Å². The van der Waals surface area contributed by atoms with Gasteiger partial charge in [-0.3, -0.25) is 4.79 Å². The van der Waals surface area contributed by atoms with Crippen LogP contribution < -0.4 is 10.9 Å². The maximum Gasteiger partial charge on any atom is 0.344 e. The molecule has 5 nitrogen and oxygen atoms in total. The second kappa shape index (κ2) is 5.57. The second-order valence-corrected chi connectivity index (χ2v) is 5.80. The molecule has 1 atom stereocenters. The molecule has 1 unspecified atom stereocenters. The van der Waals surface area contributed by atoms with Gasteiger partial charge in [-0.1, -0.05) is 18.2 Å². The van der Waals surface area contributed by atoms with Crippen molar-refractivity contribution in [2.45, 2.75) is 37.8 Å². The van der Waals surface area contributed by atoms with Gasteiger partial charge in [0, 0.05) is 7.11 Å². The first-order chi connectivity index (χ1) is 10.6. The number of hydrogen-bond acceptors (Lipinski definition) is 4. The molecule has 0 spiro atoms. The Morgan fingerprint density at radius 3 is 2.73 bits per heavy atom. The Hall–Kier alpha value is -2.14. The smallest absolute Gasteiger partial charge is 0.344 e. The Labute approximate surface area is 128 Å². The number of nitrogens with one attached hydrogen (secondary N) is 1. The highest BCUT2D eigenvalue weighted by Gasteiger charge is 2.43. The summed E-state index contributed by atoms with van der Waals surface area (Å²) in [5.41, 5.74) is -0.798. The molecular formula is C17H19NO4. The van der Waals surface area contributed by atoms with Crippen LogP contribution in [-0.4, -0.2) is 24.7 Å². The van der Waals surface area contributed by atoms with Crippen molar-refractivity contribution in [1.29, 1.82) is 0 Å². The van der Waals surface area contributed by atoms with Crippen molar-refractivity contribution in [1.82, 2.24) is 5.32 Å². The molecule has 1 N–H and O–H groups in total. The molecule has 5 heteroatoms. The van der Waals surface area contributed by atoms with Gasteiger partial charge in [0.15, 0.2) is 5.76 Å². The first-order valence-corrected chi connectivity index (χ1v) is 7.45. The van der Waals surface area contributed by atoms with E-state index in [1.54, 1.807) is 31.4 Å². The van der Waals surface area contributed by atoms with E-state index in [0.717, 1.165) is 19.3 Å². The van der Waals surface area contributed by atoms with E-state index in [2.05, 4.69) is 5.32 Å². The highest BCUT2D eigenvalue weighted by atomic mass is 16.5. The second-order valence-electron chi connectivity index (χ2n) is 5.80. The minimum atomic E-state index is -0.499. The van der Waals surface area contributed by atoms with Crippen molar-refractivity contribution in [2.75, 3.05) is 7.11 Å². The van der Waals surface area contributed by atoms with E-state index < -0.39 is 11.5 Å². The molecule has 22 heavy (non-hydrogen) atoms. The van der Waals surface area contributed by atoms with Gasteiger partial charge in [0.2, 0.25) is 0 Å². The highest BCUT2D eigenvalue weighted by molar-refractivity contribution is 5.95. The van der Waals surface area contributed by atoms with Gasteiger partial charge in [0.05, 0.1) is 17.0 Å². The fourth-order valence-electron chi connectivity index (χ4n) is 2.98. The lowest BCUT2D eigenvalue weighted by molar-refractivity contribution is -0.0920. The number of methoxy groups -OCH3 is 1. The molecule has 0 saturated heterocycles.